The molecule has 0 aliphatic heterocycles. The van der Waals surface area contributed by atoms with Crippen LogP contribution in [0.1, 0.15) is 69.2 Å². The highest BCUT2D eigenvalue weighted by Gasteiger charge is 2.31. The maximum absolute atomic E-state index is 11.6. The predicted octanol–water partition coefficient (Wildman–Crippen LogP) is 4.62. The monoisotopic (exact) mass is 292 g/mol. The van der Waals surface area contributed by atoms with E-state index in [0.717, 1.165) is 12.8 Å². The Morgan fingerprint density at radius 3 is 1.95 bits per heavy atom. The number of hydrogen-bond donors (Lipinski definition) is 1. The number of carboxylic acid groups (broad SMARTS) is 1. The molecule has 0 saturated carbocycles. The molecule has 0 rings (SSSR count). The Bertz CT molecular complexity index is 251. The Kier molecular flexibility index (Phi) is 19.6. The first-order chi connectivity index (χ1) is 7.93. The number of carbonyl (C=O) groups is 2. The van der Waals surface area contributed by atoms with Gasteiger partial charge in [-0.3, -0.25) is 9.59 Å². The molecule has 0 aliphatic carbocycles. The van der Waals surface area contributed by atoms with E-state index in [1.165, 1.54) is 0 Å². The first-order valence-corrected chi connectivity index (χ1v) is 6.33. The third-order valence-corrected chi connectivity index (χ3v) is 3.09. The van der Waals surface area contributed by atoms with Crippen molar-refractivity contribution in [3.63, 3.8) is 0 Å². The van der Waals surface area contributed by atoms with Gasteiger partial charge in [0.1, 0.15) is 0 Å². The molecule has 0 aromatic carbocycles. The summed E-state index contributed by atoms with van der Waals surface area (Å²) in [6.45, 7) is 7.92. The Morgan fingerprint density at radius 1 is 1.10 bits per heavy atom. The van der Waals surface area contributed by atoms with E-state index in [9.17, 15) is 9.59 Å². The molecule has 4 heteroatoms. The molecular weight excluding hydrogens is 256 g/mol. The Morgan fingerprint density at radius 2 is 1.60 bits per heavy atom. The Balaban J connectivity index is -0.000000427. The first-order valence-electron chi connectivity index (χ1n) is 6.33. The molecular formula is C16H36O4. The first kappa shape index (κ1) is 27.3. The minimum Gasteiger partial charge on any atom is -0.481 e. The molecule has 0 saturated heterocycles. The summed E-state index contributed by atoms with van der Waals surface area (Å²) in [4.78, 5) is 22.8. The van der Waals surface area contributed by atoms with Crippen molar-refractivity contribution in [3.05, 3.63) is 0 Å². The quantitative estimate of drug-likeness (QED) is 0.663. The van der Waals surface area contributed by atoms with Gasteiger partial charge in [0, 0.05) is 0 Å². The minimum atomic E-state index is -0.911. The zero-order valence-corrected chi connectivity index (χ0v) is 11.2. The van der Waals surface area contributed by atoms with Crippen LogP contribution in [0.2, 0.25) is 0 Å². The van der Waals surface area contributed by atoms with Gasteiger partial charge in [0.2, 0.25) is 0 Å². The van der Waals surface area contributed by atoms with E-state index in [2.05, 4.69) is 0 Å². The largest absolute Gasteiger partial charge is 0.481 e. The topological polar surface area (TPSA) is 63.6 Å². The second-order valence-corrected chi connectivity index (χ2v) is 4.65. The van der Waals surface area contributed by atoms with Crippen LogP contribution in [0.5, 0.6) is 0 Å². The maximum atomic E-state index is 11.6. The Hall–Kier alpha value is -1.06. The smallest absolute Gasteiger partial charge is 0.309 e. The minimum absolute atomic E-state index is 0. The summed E-state index contributed by atoms with van der Waals surface area (Å²) in [5, 5.41) is 9.15. The van der Waals surface area contributed by atoms with Gasteiger partial charge in [0.05, 0.1) is 18.4 Å². The highest BCUT2D eigenvalue weighted by molar-refractivity contribution is 5.80. The van der Waals surface area contributed by atoms with Crippen molar-refractivity contribution in [2.45, 2.75) is 69.2 Å². The lowest BCUT2D eigenvalue weighted by atomic mass is 9.85. The van der Waals surface area contributed by atoms with E-state index in [1.54, 1.807) is 6.92 Å². The lowest BCUT2D eigenvalue weighted by molar-refractivity contribution is -0.157. The third-order valence-electron chi connectivity index (χ3n) is 3.09. The molecule has 0 heterocycles. The average Bonchev–Trinajstić information content (AvgIpc) is 2.31. The van der Waals surface area contributed by atoms with Gasteiger partial charge in [-0.05, 0) is 18.8 Å². The van der Waals surface area contributed by atoms with Crippen molar-refractivity contribution < 1.29 is 19.4 Å². The molecule has 3 unspecified atom stereocenters. The van der Waals surface area contributed by atoms with E-state index in [1.807, 2.05) is 20.8 Å². The van der Waals surface area contributed by atoms with Gasteiger partial charge in [-0.25, -0.2) is 0 Å². The van der Waals surface area contributed by atoms with Crippen LogP contribution in [0.4, 0.5) is 0 Å². The fourth-order valence-corrected chi connectivity index (χ4v) is 1.62. The van der Waals surface area contributed by atoms with Crippen LogP contribution in [-0.4, -0.2) is 23.7 Å². The number of carboxylic acids is 1. The number of rotatable bonds is 8. The molecule has 0 aromatic heterocycles. The molecule has 0 amide bonds. The van der Waals surface area contributed by atoms with Gasteiger partial charge in [-0.2, -0.15) is 0 Å². The van der Waals surface area contributed by atoms with Gasteiger partial charge in [-0.1, -0.05) is 56.4 Å². The summed E-state index contributed by atoms with van der Waals surface area (Å²) in [5.74, 6) is -2.23. The molecule has 0 aromatic rings. The van der Waals surface area contributed by atoms with Crippen molar-refractivity contribution in [2.75, 3.05) is 6.61 Å². The molecule has 20 heavy (non-hydrogen) atoms. The number of hydrogen-bond acceptors (Lipinski definition) is 3. The highest BCUT2D eigenvalue weighted by atomic mass is 16.5. The van der Waals surface area contributed by atoms with Crippen LogP contribution in [0.3, 0.4) is 0 Å². The molecule has 0 fully saturated rings. The second-order valence-electron chi connectivity index (χ2n) is 4.65. The third kappa shape index (κ3) is 9.82. The van der Waals surface area contributed by atoms with Crippen LogP contribution in [-0.2, 0) is 14.3 Å². The van der Waals surface area contributed by atoms with Gasteiger partial charge >= 0.3 is 11.9 Å². The summed E-state index contributed by atoms with van der Waals surface area (Å²) in [6, 6.07) is 0. The zero-order chi connectivity index (χ0) is 13.4. The van der Waals surface area contributed by atoms with Crippen LogP contribution >= 0.6 is 0 Å². The molecule has 0 aliphatic rings. The van der Waals surface area contributed by atoms with Crippen molar-refractivity contribution in [1.29, 1.82) is 0 Å². The number of aliphatic carboxylic acids is 1. The fraction of sp³-hybridized carbons (Fsp3) is 0.875. The van der Waals surface area contributed by atoms with Crippen LogP contribution < -0.4 is 0 Å². The van der Waals surface area contributed by atoms with E-state index >= 15 is 0 Å². The fourth-order valence-electron chi connectivity index (χ4n) is 1.62. The van der Waals surface area contributed by atoms with E-state index < -0.39 is 23.8 Å². The summed E-state index contributed by atoms with van der Waals surface area (Å²) in [6.07, 6.45) is 2.19. The molecule has 0 radical (unpaired) electrons. The lowest BCUT2D eigenvalue weighted by Gasteiger charge is -2.21. The highest BCUT2D eigenvalue weighted by Crippen LogP contribution is 2.23. The van der Waals surface area contributed by atoms with Crippen LogP contribution in [0.15, 0.2) is 0 Å². The average molecular weight is 292 g/mol. The molecule has 124 valence electrons. The SMILES string of the molecule is C.C.C.CCCOC(=O)C(C)C(CC(C)CC)C(=O)O. The second kappa shape index (κ2) is 14.4. The van der Waals surface area contributed by atoms with Crippen LogP contribution in [0.25, 0.3) is 0 Å². The van der Waals surface area contributed by atoms with Crippen molar-refractivity contribution >= 4 is 11.9 Å². The molecule has 0 bridgehead atoms. The number of ether oxygens (including phenoxy) is 1. The number of esters is 1. The lowest BCUT2D eigenvalue weighted by Crippen LogP contribution is -2.30. The number of carbonyl (C=O) groups excluding carboxylic acids is 1. The molecule has 0 spiro atoms. The van der Waals surface area contributed by atoms with E-state index in [-0.39, 0.29) is 22.3 Å². The molecule has 4 nitrogen and oxygen atoms in total. The van der Waals surface area contributed by atoms with Gasteiger partial charge < -0.3 is 9.84 Å². The van der Waals surface area contributed by atoms with Gasteiger partial charge in [-0.15, -0.1) is 0 Å². The van der Waals surface area contributed by atoms with Gasteiger partial charge in [0.25, 0.3) is 0 Å². The summed E-state index contributed by atoms with van der Waals surface area (Å²) >= 11 is 0. The van der Waals surface area contributed by atoms with Crippen LogP contribution in [0, 0.1) is 17.8 Å². The zero-order valence-electron chi connectivity index (χ0n) is 11.2. The molecule has 1 N–H and O–H groups in total. The van der Waals surface area contributed by atoms with Crippen molar-refractivity contribution in [3.8, 4) is 0 Å². The van der Waals surface area contributed by atoms with E-state index in [0.29, 0.717) is 18.9 Å². The Labute approximate surface area is 125 Å². The predicted molar refractivity (Wildman–Crippen MR) is 85.8 cm³/mol. The summed E-state index contributed by atoms with van der Waals surface area (Å²) < 4.78 is 5.00. The summed E-state index contributed by atoms with van der Waals surface area (Å²) in [5.41, 5.74) is 0. The standard InChI is InChI=1S/C13H24O4.3CH4/c1-5-7-17-13(16)10(4)11(12(14)15)8-9(3)6-2;;;/h9-11H,5-8H2,1-4H3,(H,14,15);3*1H4. The van der Waals surface area contributed by atoms with E-state index in [4.69, 9.17) is 9.84 Å². The van der Waals surface area contributed by atoms with Crippen molar-refractivity contribution in [1.82, 2.24) is 0 Å². The maximum Gasteiger partial charge on any atom is 0.309 e. The molecule has 3 atom stereocenters. The van der Waals surface area contributed by atoms with Crippen molar-refractivity contribution in [2.24, 2.45) is 17.8 Å². The normalized spacial score (nSPS) is 13.6. The van der Waals surface area contributed by atoms with Gasteiger partial charge in [0.15, 0.2) is 0 Å². The summed E-state index contributed by atoms with van der Waals surface area (Å²) in [7, 11) is 0.